The van der Waals surface area contributed by atoms with Crippen LogP contribution in [0.25, 0.3) is 0 Å². The zero-order chi connectivity index (χ0) is 94.7. The molecule has 0 bridgehead atoms. The molecule has 14 N–H and O–H groups in total. The van der Waals surface area contributed by atoms with Gasteiger partial charge in [-0.05, 0) is 70.6 Å². The summed E-state index contributed by atoms with van der Waals surface area (Å²) in [5.74, 6) is -3.26. The minimum absolute atomic E-state index is 0.0374. The number of rotatable bonds is 69. The largest absolute Gasteiger partial charge is 0.394 e. The number of carbonyl (C=O) groups excluding carboxylic acids is 10. The first kappa shape index (κ1) is 109. The van der Waals surface area contributed by atoms with Gasteiger partial charge in [0.15, 0.2) is 0 Å². The lowest BCUT2D eigenvalue weighted by atomic mass is 9.82. The average molecular weight is 1860 g/mol. The lowest BCUT2D eigenvalue weighted by Crippen LogP contribution is -2.61. The van der Waals surface area contributed by atoms with Crippen LogP contribution in [0.15, 0.2) is 30.7 Å². The smallest absolute Gasteiger partial charge is 0.253 e. The molecule has 3 aromatic rings. The van der Waals surface area contributed by atoms with Crippen LogP contribution in [-0.2, 0) is 129 Å². The Balaban J connectivity index is 0.861. The van der Waals surface area contributed by atoms with E-state index in [1.54, 1.807) is 32.6 Å². The fourth-order valence-corrected chi connectivity index (χ4v) is 15.7. The Morgan fingerprint density at radius 3 is 0.985 bits per heavy atom. The molecule has 7 heterocycles. The predicted octanol–water partition coefficient (Wildman–Crippen LogP) is -4.76. The van der Waals surface area contributed by atoms with Crippen LogP contribution in [0.5, 0.6) is 0 Å². The van der Waals surface area contributed by atoms with Crippen molar-refractivity contribution in [2.24, 2.45) is 0 Å². The van der Waals surface area contributed by atoms with Crippen LogP contribution in [0.2, 0.25) is 0 Å². The SMILES string of the molecule is CC(=O)N(CCCc1cn(CCOCCOCCNC(=O)CCC(CCC(=O)NCCOCCOCCn2cc(CCCN(C(C)=O)[C@H]3CO[C@H](CO)[C@H](O)[C@@H]3O)nn2)(CCC(=O)NCCOCCOCCn2cc(CCCN(C(C)=O)[C@H]3CO[C@H](CO)[C@H](O)[C@@H]3O)nn2)NC(=O)CCCCCCCCCCC(=O)NCCN2C(=O)C=CC2=O)nn1)[C@H]1CO[C@H](CO)[C@H](O)[C@@H]1O. The highest BCUT2D eigenvalue weighted by molar-refractivity contribution is 6.12. The summed E-state index contributed by atoms with van der Waals surface area (Å²) < 4.78 is 56.0. The monoisotopic (exact) mass is 1860 g/mol. The number of aliphatic hydroxyl groups is 9. The van der Waals surface area contributed by atoms with Gasteiger partial charge in [0, 0.05) is 142 Å². The van der Waals surface area contributed by atoms with E-state index in [-0.39, 0.29) is 244 Å². The quantitative estimate of drug-likeness (QED) is 0.0186. The Kier molecular flexibility index (Phi) is 51.2. The van der Waals surface area contributed by atoms with Gasteiger partial charge in [-0.15, -0.1) is 15.3 Å². The molecule has 131 heavy (non-hydrogen) atoms. The molecule has 3 fully saturated rings. The minimum Gasteiger partial charge on any atom is -0.394 e. The molecule has 0 spiro atoms. The first-order chi connectivity index (χ1) is 63.2. The number of hydrogen-bond acceptors (Lipinski definition) is 34. The van der Waals surface area contributed by atoms with E-state index in [4.69, 9.17) is 42.6 Å². The molecule has 740 valence electrons. The summed E-state index contributed by atoms with van der Waals surface area (Å²) in [5, 5.41) is 131. The van der Waals surface area contributed by atoms with Crippen molar-refractivity contribution in [3.63, 3.8) is 0 Å². The van der Waals surface area contributed by atoms with E-state index < -0.39 is 110 Å². The van der Waals surface area contributed by atoms with E-state index >= 15 is 0 Å². The van der Waals surface area contributed by atoms with Crippen molar-refractivity contribution in [1.29, 1.82) is 0 Å². The molecule has 0 radical (unpaired) electrons. The zero-order valence-electron chi connectivity index (χ0n) is 76.0. The third-order valence-electron chi connectivity index (χ3n) is 23.3. The summed E-state index contributed by atoms with van der Waals surface area (Å²) in [5.41, 5.74) is 0.799. The van der Waals surface area contributed by atoms with Crippen molar-refractivity contribution in [2.75, 3.05) is 171 Å². The fraction of sp³-hybridized carbons (Fsp3) is 0.788. The lowest BCUT2D eigenvalue weighted by Gasteiger charge is -2.42. The van der Waals surface area contributed by atoms with Crippen molar-refractivity contribution in [3.05, 3.63) is 47.8 Å². The second kappa shape index (κ2) is 61.3. The fourth-order valence-electron chi connectivity index (χ4n) is 15.7. The number of unbranched alkanes of at least 4 members (excludes halogenated alkanes) is 7. The summed E-state index contributed by atoms with van der Waals surface area (Å²) in [7, 11) is 0. The average Bonchev–Trinajstić information content (AvgIpc) is 1.78. The minimum atomic E-state index is -1.35. The standard InChI is InChI=1S/C85H142N18O28/c1-60(107)100(66-57-129-69(54-104)82(120)79(66)117)32-12-15-63-51-97(94-91-63)36-42-126-48-45-123-39-29-87-73(111)22-25-85(90-76(114)19-11-9-7-5-4-6-8-10-18-72(110)86-28-35-103-77(115)20-21-78(103)116,26-23-74(112)88-30-40-124-46-49-127-43-37-98-52-64(92-95-98)16-13-33-101(61(2)108)67-58-130-70(55-105)83(121)80(67)118)27-24-75(113)89-31-41-125-47-50-128-44-38-99-53-65(93-96-99)17-14-34-102(62(3)109)68-59-131-71(56-106)84(122)81(68)119/h20-21,51-53,66-71,79-84,104-106,117-122H,4-19,22-50,54-59H2,1-3H3,(H,86,110)(H,87,111)(H,88,112)(H,89,113)(H,90,114)/t66-,67-,68-,69+,70+,71+,79+,80+,81+,82-,83-,84-/m0/s1. The normalized spacial score (nSPS) is 21.0. The van der Waals surface area contributed by atoms with Crippen LogP contribution in [0.4, 0.5) is 0 Å². The van der Waals surface area contributed by atoms with Crippen molar-refractivity contribution in [2.45, 2.75) is 260 Å². The topological polar surface area (TPSA) is 601 Å². The van der Waals surface area contributed by atoms with E-state index in [0.717, 1.165) is 43.4 Å². The lowest BCUT2D eigenvalue weighted by molar-refractivity contribution is -0.185. The molecule has 4 aliphatic rings. The molecule has 7 rings (SSSR count). The molecular formula is C85H142N18O28. The van der Waals surface area contributed by atoms with Crippen LogP contribution in [-0.4, -0.2) is 419 Å². The van der Waals surface area contributed by atoms with Crippen LogP contribution in [0.3, 0.4) is 0 Å². The van der Waals surface area contributed by atoms with Crippen LogP contribution >= 0.6 is 0 Å². The van der Waals surface area contributed by atoms with Gasteiger partial charge in [-0.25, -0.2) is 14.0 Å². The van der Waals surface area contributed by atoms with Crippen molar-refractivity contribution < 1.29 is 137 Å². The molecule has 3 saturated heterocycles. The van der Waals surface area contributed by atoms with Gasteiger partial charge in [0.25, 0.3) is 11.8 Å². The van der Waals surface area contributed by atoms with Crippen molar-refractivity contribution >= 4 is 59.1 Å². The number of hydrogen-bond donors (Lipinski definition) is 14. The number of aromatic nitrogens is 9. The van der Waals surface area contributed by atoms with E-state index in [1.165, 1.54) is 47.6 Å². The number of aryl methyl sites for hydroxylation is 3. The van der Waals surface area contributed by atoms with Crippen molar-refractivity contribution in [1.82, 2.24) is 91.2 Å². The summed E-state index contributed by atoms with van der Waals surface area (Å²) in [6.45, 7) is 7.80. The second-order valence-electron chi connectivity index (χ2n) is 33.1. The molecule has 46 heteroatoms. The van der Waals surface area contributed by atoms with Gasteiger partial charge in [0.2, 0.25) is 47.3 Å². The predicted molar refractivity (Wildman–Crippen MR) is 463 cm³/mol. The highest BCUT2D eigenvalue weighted by atomic mass is 16.5. The number of nitrogens with zero attached hydrogens (tertiary/aromatic N) is 13. The van der Waals surface area contributed by atoms with Gasteiger partial charge in [0.1, 0.15) is 54.9 Å². The van der Waals surface area contributed by atoms with Gasteiger partial charge in [-0.3, -0.25) is 52.8 Å². The van der Waals surface area contributed by atoms with Gasteiger partial charge in [-0.2, -0.15) is 0 Å². The number of nitrogens with one attached hydrogen (secondary N) is 5. The number of aliphatic hydroxyl groups excluding tert-OH is 9. The first-order valence-electron chi connectivity index (χ1n) is 45.9. The highest BCUT2D eigenvalue weighted by Gasteiger charge is 2.45. The second-order valence-corrected chi connectivity index (χ2v) is 33.1. The maximum atomic E-state index is 14.2. The Hall–Kier alpha value is -8.66. The van der Waals surface area contributed by atoms with Crippen LogP contribution in [0, 0.1) is 0 Å². The van der Waals surface area contributed by atoms with Gasteiger partial charge >= 0.3 is 0 Å². The summed E-state index contributed by atoms with van der Waals surface area (Å²) in [6, 6.07) is -2.35. The number of carbonyl (C=O) groups is 10. The van der Waals surface area contributed by atoms with Gasteiger partial charge in [0.05, 0.1) is 174 Å². The van der Waals surface area contributed by atoms with Gasteiger partial charge in [-0.1, -0.05) is 54.2 Å². The Bertz CT molecular complexity index is 3570. The first-order valence-corrected chi connectivity index (χ1v) is 45.9. The van der Waals surface area contributed by atoms with Crippen LogP contribution in [0.1, 0.15) is 160 Å². The maximum absolute atomic E-state index is 14.2. The van der Waals surface area contributed by atoms with E-state index in [2.05, 4.69) is 57.5 Å². The third-order valence-corrected chi connectivity index (χ3v) is 23.3. The Morgan fingerprint density at radius 1 is 0.382 bits per heavy atom. The van der Waals surface area contributed by atoms with Crippen molar-refractivity contribution in [3.8, 4) is 0 Å². The van der Waals surface area contributed by atoms with E-state index in [0.29, 0.717) is 94.5 Å². The molecule has 0 aromatic carbocycles. The third kappa shape index (κ3) is 39.8. The molecule has 4 aliphatic heterocycles. The molecule has 0 saturated carbocycles. The van der Waals surface area contributed by atoms with Gasteiger partial charge < -0.3 is 130 Å². The molecule has 10 amide bonds. The number of ether oxygens (including phenoxy) is 9. The van der Waals surface area contributed by atoms with E-state index in [1.807, 2.05) is 0 Å². The molecular weight excluding hydrogens is 1720 g/mol. The Labute approximate surface area is 763 Å². The zero-order valence-corrected chi connectivity index (χ0v) is 76.0. The van der Waals surface area contributed by atoms with Crippen LogP contribution < -0.4 is 26.6 Å². The molecule has 0 unspecified atom stereocenters. The summed E-state index contributed by atoms with van der Waals surface area (Å²) in [6.07, 6.45) is 6.56. The molecule has 12 atom stereocenters. The number of amides is 10. The van der Waals surface area contributed by atoms with E-state index in [9.17, 15) is 93.9 Å². The summed E-state index contributed by atoms with van der Waals surface area (Å²) >= 11 is 0. The summed E-state index contributed by atoms with van der Waals surface area (Å²) in [4.78, 5) is 135. The maximum Gasteiger partial charge on any atom is 0.253 e. The molecule has 3 aromatic heterocycles. The molecule has 0 aliphatic carbocycles. The Morgan fingerprint density at radius 2 is 0.672 bits per heavy atom. The number of imide groups is 1. The highest BCUT2D eigenvalue weighted by Crippen LogP contribution is 2.29. The molecule has 46 nitrogen and oxygen atoms in total.